The molecule has 94 valence electrons. The third kappa shape index (κ3) is 2.69. The van der Waals surface area contributed by atoms with E-state index in [2.05, 4.69) is 5.32 Å². The summed E-state index contributed by atoms with van der Waals surface area (Å²) in [5, 5.41) is 3.31. The SMILES string of the molecule is CCOC(=O)C(C)NC1CCCc2occc21. The minimum absolute atomic E-state index is 0.192. The molecule has 0 spiro atoms. The van der Waals surface area contributed by atoms with Crippen molar-refractivity contribution in [1.29, 1.82) is 0 Å². The highest BCUT2D eigenvalue weighted by atomic mass is 16.5. The van der Waals surface area contributed by atoms with E-state index in [1.807, 2.05) is 19.9 Å². The molecule has 17 heavy (non-hydrogen) atoms. The highest BCUT2D eigenvalue weighted by molar-refractivity contribution is 5.75. The van der Waals surface area contributed by atoms with Crippen molar-refractivity contribution in [2.24, 2.45) is 0 Å². The molecule has 1 N–H and O–H groups in total. The molecule has 0 aromatic carbocycles. The predicted molar refractivity (Wildman–Crippen MR) is 63.6 cm³/mol. The van der Waals surface area contributed by atoms with Crippen molar-refractivity contribution in [3.8, 4) is 0 Å². The average molecular weight is 237 g/mol. The standard InChI is InChI=1S/C13H19NO3/c1-3-16-13(15)9(2)14-11-5-4-6-12-10(11)7-8-17-12/h7-9,11,14H,3-6H2,1-2H3. The maximum Gasteiger partial charge on any atom is 0.322 e. The molecular weight excluding hydrogens is 218 g/mol. The van der Waals surface area contributed by atoms with E-state index in [9.17, 15) is 4.79 Å². The van der Waals surface area contributed by atoms with Gasteiger partial charge in [-0.15, -0.1) is 0 Å². The average Bonchev–Trinajstić information content (AvgIpc) is 2.78. The monoisotopic (exact) mass is 237 g/mol. The van der Waals surface area contributed by atoms with Crippen LogP contribution in [0.4, 0.5) is 0 Å². The van der Waals surface area contributed by atoms with E-state index in [1.54, 1.807) is 6.26 Å². The van der Waals surface area contributed by atoms with E-state index < -0.39 is 0 Å². The fourth-order valence-electron chi connectivity index (χ4n) is 2.30. The van der Waals surface area contributed by atoms with E-state index in [4.69, 9.17) is 9.15 Å². The highest BCUT2D eigenvalue weighted by Crippen LogP contribution is 2.30. The van der Waals surface area contributed by atoms with Crippen LogP contribution in [0.1, 0.15) is 44.1 Å². The molecule has 0 fully saturated rings. The number of rotatable bonds is 4. The number of hydrogen-bond acceptors (Lipinski definition) is 4. The molecule has 4 nitrogen and oxygen atoms in total. The number of ether oxygens (including phenoxy) is 1. The molecular formula is C13H19NO3. The van der Waals surface area contributed by atoms with Gasteiger partial charge in [-0.1, -0.05) is 0 Å². The Morgan fingerprint density at radius 3 is 3.29 bits per heavy atom. The first-order valence-corrected chi connectivity index (χ1v) is 6.21. The van der Waals surface area contributed by atoms with Crippen LogP contribution in [-0.2, 0) is 16.0 Å². The summed E-state index contributed by atoms with van der Waals surface area (Å²) in [7, 11) is 0. The smallest absolute Gasteiger partial charge is 0.322 e. The third-order valence-electron chi connectivity index (χ3n) is 3.14. The van der Waals surface area contributed by atoms with Crippen molar-refractivity contribution < 1.29 is 13.9 Å². The van der Waals surface area contributed by atoms with Gasteiger partial charge in [-0.05, 0) is 32.8 Å². The first kappa shape index (κ1) is 12.2. The van der Waals surface area contributed by atoms with Crippen LogP contribution >= 0.6 is 0 Å². The van der Waals surface area contributed by atoms with Crippen molar-refractivity contribution in [3.05, 3.63) is 23.7 Å². The van der Waals surface area contributed by atoms with E-state index in [-0.39, 0.29) is 18.1 Å². The zero-order valence-corrected chi connectivity index (χ0v) is 10.4. The van der Waals surface area contributed by atoms with Crippen molar-refractivity contribution in [2.45, 2.75) is 45.2 Å². The molecule has 4 heteroatoms. The summed E-state index contributed by atoms with van der Waals surface area (Å²) in [6, 6.07) is 1.92. The molecule has 0 radical (unpaired) electrons. The van der Waals surface area contributed by atoms with Gasteiger partial charge in [0.1, 0.15) is 11.8 Å². The molecule has 1 aliphatic carbocycles. The van der Waals surface area contributed by atoms with Crippen LogP contribution in [0, 0.1) is 0 Å². The van der Waals surface area contributed by atoms with Crippen molar-refractivity contribution in [1.82, 2.24) is 5.32 Å². The largest absolute Gasteiger partial charge is 0.469 e. The van der Waals surface area contributed by atoms with Crippen LogP contribution in [-0.4, -0.2) is 18.6 Å². The second-order valence-electron chi connectivity index (χ2n) is 4.38. The van der Waals surface area contributed by atoms with Gasteiger partial charge >= 0.3 is 5.97 Å². The summed E-state index contributed by atoms with van der Waals surface area (Å²) in [5.74, 6) is 0.855. The molecule has 2 unspecified atom stereocenters. The molecule has 2 atom stereocenters. The molecule has 0 bridgehead atoms. The molecule has 1 aliphatic rings. The van der Waals surface area contributed by atoms with Crippen LogP contribution in [0.25, 0.3) is 0 Å². The fourth-order valence-corrected chi connectivity index (χ4v) is 2.30. The summed E-state index contributed by atoms with van der Waals surface area (Å²) in [5.41, 5.74) is 1.19. The summed E-state index contributed by atoms with van der Waals surface area (Å²) in [4.78, 5) is 11.6. The van der Waals surface area contributed by atoms with Gasteiger partial charge in [-0.25, -0.2) is 0 Å². The van der Waals surface area contributed by atoms with Gasteiger partial charge in [0, 0.05) is 18.0 Å². The summed E-state index contributed by atoms with van der Waals surface area (Å²) in [6.07, 6.45) is 4.85. The van der Waals surface area contributed by atoms with E-state index in [0.717, 1.165) is 25.0 Å². The van der Waals surface area contributed by atoms with Crippen LogP contribution < -0.4 is 5.32 Å². The van der Waals surface area contributed by atoms with Crippen LogP contribution in [0.2, 0.25) is 0 Å². The topological polar surface area (TPSA) is 51.5 Å². The number of nitrogens with one attached hydrogen (secondary N) is 1. The number of carbonyl (C=O) groups excluding carboxylic acids is 1. The van der Waals surface area contributed by atoms with Crippen molar-refractivity contribution in [3.63, 3.8) is 0 Å². The molecule has 2 rings (SSSR count). The van der Waals surface area contributed by atoms with Gasteiger partial charge in [0.2, 0.25) is 0 Å². The summed E-state index contributed by atoms with van der Waals surface area (Å²) >= 11 is 0. The Kier molecular flexibility index (Phi) is 3.84. The normalized spacial score (nSPS) is 20.7. The van der Waals surface area contributed by atoms with Gasteiger partial charge in [0.25, 0.3) is 0 Å². The molecule has 1 aromatic heterocycles. The highest BCUT2D eigenvalue weighted by Gasteiger charge is 2.26. The zero-order valence-electron chi connectivity index (χ0n) is 10.4. The van der Waals surface area contributed by atoms with Crippen molar-refractivity contribution in [2.75, 3.05) is 6.61 Å². The van der Waals surface area contributed by atoms with Crippen LogP contribution in [0.3, 0.4) is 0 Å². The lowest BCUT2D eigenvalue weighted by Gasteiger charge is -2.25. The fraction of sp³-hybridized carbons (Fsp3) is 0.615. The molecule has 1 heterocycles. The quantitative estimate of drug-likeness (QED) is 0.816. The Bertz CT molecular complexity index is 386. The first-order valence-electron chi connectivity index (χ1n) is 6.21. The number of carbonyl (C=O) groups is 1. The Morgan fingerprint density at radius 2 is 2.53 bits per heavy atom. The Hall–Kier alpha value is -1.29. The maximum absolute atomic E-state index is 11.6. The van der Waals surface area contributed by atoms with Gasteiger partial charge in [-0.2, -0.15) is 0 Å². The Morgan fingerprint density at radius 1 is 1.71 bits per heavy atom. The number of fused-ring (bicyclic) bond motifs is 1. The zero-order chi connectivity index (χ0) is 12.3. The Balaban J connectivity index is 1.99. The molecule has 0 saturated carbocycles. The maximum atomic E-state index is 11.6. The predicted octanol–water partition coefficient (Wildman–Crippen LogP) is 2.20. The van der Waals surface area contributed by atoms with E-state index in [1.165, 1.54) is 5.56 Å². The molecule has 0 amide bonds. The third-order valence-corrected chi connectivity index (χ3v) is 3.14. The number of hydrogen-bond donors (Lipinski definition) is 1. The Labute approximate surface area is 101 Å². The van der Waals surface area contributed by atoms with Crippen LogP contribution in [0.15, 0.2) is 16.7 Å². The molecule has 1 aromatic rings. The molecule has 0 saturated heterocycles. The summed E-state index contributed by atoms with van der Waals surface area (Å²) in [6.45, 7) is 4.08. The first-order chi connectivity index (χ1) is 8.22. The number of furan rings is 1. The van der Waals surface area contributed by atoms with Gasteiger partial charge in [-0.3, -0.25) is 10.1 Å². The summed E-state index contributed by atoms with van der Waals surface area (Å²) < 4.78 is 10.4. The minimum Gasteiger partial charge on any atom is -0.469 e. The second kappa shape index (κ2) is 5.36. The van der Waals surface area contributed by atoms with Gasteiger partial charge in [0.05, 0.1) is 12.9 Å². The van der Waals surface area contributed by atoms with Gasteiger partial charge < -0.3 is 9.15 Å². The second-order valence-corrected chi connectivity index (χ2v) is 4.38. The lowest BCUT2D eigenvalue weighted by molar-refractivity contribution is -0.145. The van der Waals surface area contributed by atoms with E-state index >= 15 is 0 Å². The van der Waals surface area contributed by atoms with Crippen molar-refractivity contribution >= 4 is 5.97 Å². The lowest BCUT2D eigenvalue weighted by Crippen LogP contribution is -2.38. The van der Waals surface area contributed by atoms with E-state index in [0.29, 0.717) is 6.61 Å². The minimum atomic E-state index is -0.277. The number of esters is 1. The molecule has 0 aliphatic heterocycles. The lowest BCUT2D eigenvalue weighted by atomic mass is 9.93. The van der Waals surface area contributed by atoms with Gasteiger partial charge in [0.15, 0.2) is 0 Å². The van der Waals surface area contributed by atoms with Crippen LogP contribution in [0.5, 0.6) is 0 Å². The number of aryl methyl sites for hydroxylation is 1.